The lowest BCUT2D eigenvalue weighted by molar-refractivity contribution is 0.140. The van der Waals surface area contributed by atoms with E-state index >= 15 is 0 Å². The zero-order chi connectivity index (χ0) is 45.9. The maximum atomic E-state index is 11.7. The van der Waals surface area contributed by atoms with E-state index in [-0.39, 0.29) is 0 Å². The molecule has 10 nitrogen and oxygen atoms in total. The van der Waals surface area contributed by atoms with Gasteiger partial charge in [-0.25, -0.2) is 14.5 Å². The van der Waals surface area contributed by atoms with Crippen molar-refractivity contribution in [2.45, 2.75) is 37.0 Å². The van der Waals surface area contributed by atoms with Crippen molar-refractivity contribution in [3.05, 3.63) is 280 Å². The number of nitrogens with one attached hydrogen (secondary N) is 1. The van der Waals surface area contributed by atoms with Gasteiger partial charge in [0.05, 0.1) is 12.7 Å². The van der Waals surface area contributed by atoms with E-state index in [2.05, 4.69) is 181 Å². The molecule has 7 aromatic carbocycles. The first-order valence-corrected chi connectivity index (χ1v) is 23.0. The number of pyridine rings is 1. The van der Waals surface area contributed by atoms with Crippen molar-refractivity contribution < 1.29 is 9.90 Å². The minimum absolute atomic E-state index is 0.408. The molecule has 11 rings (SSSR count). The number of rotatable bonds is 13. The zero-order valence-electron chi connectivity index (χ0n) is 37.3. The Morgan fingerprint density at radius 1 is 0.603 bits per heavy atom. The normalized spacial score (nSPS) is 12.7. The topological polar surface area (TPSA) is 114 Å². The molecule has 4 heterocycles. The van der Waals surface area contributed by atoms with Crippen molar-refractivity contribution in [3.63, 3.8) is 0 Å². The van der Waals surface area contributed by atoms with Gasteiger partial charge in [0.1, 0.15) is 22.4 Å². The second-order valence-corrected chi connectivity index (χ2v) is 17.4. The third kappa shape index (κ3) is 7.65. The summed E-state index contributed by atoms with van der Waals surface area (Å²) in [4.78, 5) is 18.7. The Morgan fingerprint density at radius 2 is 1.12 bits per heavy atom. The average Bonchev–Trinajstić information content (AvgIpc) is 4.04. The number of aromatic nitrogens is 6. The molecule has 0 spiro atoms. The molecule has 0 radical (unpaired) electrons. The van der Waals surface area contributed by atoms with Crippen LogP contribution in [0.3, 0.4) is 0 Å². The molecule has 0 bridgehead atoms. The van der Waals surface area contributed by atoms with Gasteiger partial charge in [-0.15, -0.1) is 5.10 Å². The number of carboxylic acid groups (broad SMARTS) is 1. The van der Waals surface area contributed by atoms with Crippen molar-refractivity contribution in [1.82, 2.24) is 34.7 Å². The Kier molecular flexibility index (Phi) is 11.1. The number of nitrogens with zero attached hydrogens (tertiary/aromatic N) is 7. The number of hydrogen-bond acceptors (Lipinski definition) is 6. The molecule has 68 heavy (non-hydrogen) atoms. The van der Waals surface area contributed by atoms with Crippen molar-refractivity contribution in [3.8, 4) is 0 Å². The molecule has 0 atom stereocenters. The molecule has 3 aromatic heterocycles. The van der Waals surface area contributed by atoms with E-state index in [4.69, 9.17) is 20.4 Å². The summed E-state index contributed by atoms with van der Waals surface area (Å²) in [6.07, 6.45) is 4.34. The molecule has 332 valence electrons. The van der Waals surface area contributed by atoms with Crippen LogP contribution < -0.4 is 5.32 Å². The van der Waals surface area contributed by atoms with Crippen LogP contribution in [0.15, 0.2) is 219 Å². The van der Waals surface area contributed by atoms with Gasteiger partial charge >= 0.3 is 6.09 Å². The number of fused-ring (bicyclic) bond motifs is 2. The molecule has 0 saturated carbocycles. The molecule has 0 saturated heterocycles. The predicted octanol–water partition coefficient (Wildman–Crippen LogP) is 10.9. The Morgan fingerprint density at radius 3 is 1.63 bits per heavy atom. The molecular weight excluding hydrogens is 841 g/mol. The van der Waals surface area contributed by atoms with E-state index in [0.717, 1.165) is 55.6 Å². The maximum Gasteiger partial charge on any atom is 0.407 e. The van der Waals surface area contributed by atoms with Crippen LogP contribution in [-0.4, -0.2) is 52.4 Å². The Hall–Kier alpha value is -8.63. The molecule has 0 aliphatic carbocycles. The number of benzene rings is 7. The molecule has 1 amide bonds. The smallest absolute Gasteiger partial charge is 0.407 e. The van der Waals surface area contributed by atoms with Gasteiger partial charge in [0.25, 0.3) is 0 Å². The first kappa shape index (κ1) is 42.0. The molecular formula is C58H48N8O2. The van der Waals surface area contributed by atoms with E-state index in [1.807, 2.05) is 52.0 Å². The maximum absolute atomic E-state index is 11.7. The number of amides is 1. The van der Waals surface area contributed by atoms with Crippen molar-refractivity contribution in [2.24, 2.45) is 0 Å². The largest absolute Gasteiger partial charge is 0.465 e. The minimum atomic E-state index is -0.970. The summed E-state index contributed by atoms with van der Waals surface area (Å²) in [5, 5.41) is 28.7. The Bertz CT molecular complexity index is 3130. The summed E-state index contributed by atoms with van der Waals surface area (Å²) in [7, 11) is 0. The van der Waals surface area contributed by atoms with Crippen molar-refractivity contribution in [2.75, 3.05) is 11.9 Å². The lowest BCUT2D eigenvalue weighted by Crippen LogP contribution is -2.39. The standard InChI is InChI=1S/C58H48N8O2/c67-56(68)64-34-33-44-35-42(31-32-45(44)41-64)39-65-40-43(38-59-65)36-46-37-53(61-57(47-19-7-1-8-20-47,48-21-9-2-10-22-48)49-23-11-3-12-24-49)60-55-54(46)62-63-66(55)58(50-25-13-4-14-26-50,51-27-15-5-16-28-51)52-29-17-6-18-30-52/h1-32,35,37-38,40H,33-34,36,39,41H2,(H,60,61)(H,67,68). The van der Waals surface area contributed by atoms with Crippen LogP contribution in [0.2, 0.25) is 0 Å². The van der Waals surface area contributed by atoms with Crippen molar-refractivity contribution in [1.29, 1.82) is 0 Å². The second-order valence-electron chi connectivity index (χ2n) is 17.4. The van der Waals surface area contributed by atoms with Crippen LogP contribution >= 0.6 is 0 Å². The molecule has 1 aliphatic rings. The van der Waals surface area contributed by atoms with E-state index in [9.17, 15) is 9.90 Å². The van der Waals surface area contributed by atoms with E-state index in [1.54, 1.807) is 0 Å². The second kappa shape index (κ2) is 18.0. The van der Waals surface area contributed by atoms with Crippen LogP contribution in [0, 0.1) is 0 Å². The summed E-state index contributed by atoms with van der Waals surface area (Å²) in [6.45, 7) is 1.48. The summed E-state index contributed by atoms with van der Waals surface area (Å²) in [5.74, 6) is 0.651. The van der Waals surface area contributed by atoms with Gasteiger partial charge in [-0.2, -0.15) is 5.10 Å². The fraction of sp³-hybridized carbons (Fsp3) is 0.121. The highest BCUT2D eigenvalue weighted by atomic mass is 16.4. The lowest BCUT2D eigenvalue weighted by atomic mass is 9.77. The first-order chi connectivity index (χ1) is 33.5. The molecule has 0 unspecified atom stereocenters. The number of carbonyl (C=O) groups is 1. The van der Waals surface area contributed by atoms with E-state index in [1.165, 1.54) is 10.5 Å². The molecule has 2 N–H and O–H groups in total. The number of hydrogen-bond donors (Lipinski definition) is 2. The highest BCUT2D eigenvalue weighted by Crippen LogP contribution is 2.44. The molecule has 10 heteroatoms. The third-order valence-electron chi connectivity index (χ3n) is 13.3. The van der Waals surface area contributed by atoms with Crippen LogP contribution in [0.1, 0.15) is 61.2 Å². The lowest BCUT2D eigenvalue weighted by Gasteiger charge is -2.38. The fourth-order valence-corrected chi connectivity index (χ4v) is 10.1. The average molecular weight is 889 g/mol. The zero-order valence-corrected chi connectivity index (χ0v) is 37.3. The van der Waals surface area contributed by atoms with Gasteiger partial charge in [-0.1, -0.05) is 205 Å². The van der Waals surface area contributed by atoms with Crippen LogP contribution in [-0.2, 0) is 37.0 Å². The van der Waals surface area contributed by atoms with Gasteiger partial charge in [0.2, 0.25) is 0 Å². The summed E-state index contributed by atoms with van der Waals surface area (Å²) < 4.78 is 3.98. The van der Waals surface area contributed by atoms with Gasteiger partial charge in [0, 0.05) is 25.7 Å². The Labute approximate surface area is 394 Å². The summed E-state index contributed by atoms with van der Waals surface area (Å²) in [6, 6.07) is 71.6. The van der Waals surface area contributed by atoms with Crippen LogP contribution in [0.4, 0.5) is 10.6 Å². The highest BCUT2D eigenvalue weighted by molar-refractivity contribution is 5.79. The van der Waals surface area contributed by atoms with Crippen molar-refractivity contribution >= 4 is 23.1 Å². The van der Waals surface area contributed by atoms with E-state index in [0.29, 0.717) is 49.5 Å². The van der Waals surface area contributed by atoms with Gasteiger partial charge in [-0.3, -0.25) is 4.68 Å². The monoisotopic (exact) mass is 888 g/mol. The minimum Gasteiger partial charge on any atom is -0.465 e. The SMILES string of the molecule is O=C(O)N1CCc2cc(Cn3cc(Cc4cc(NC(c5ccccc5)(c5ccccc5)c5ccccc5)nc5c4nnn5C(c4ccccc4)(c4ccccc4)c4ccccc4)cn3)ccc2C1. The number of anilines is 1. The molecule has 10 aromatic rings. The quantitative estimate of drug-likeness (QED) is 0.111. The fourth-order valence-electron chi connectivity index (χ4n) is 10.1. The van der Waals surface area contributed by atoms with Crippen LogP contribution in [0.5, 0.6) is 0 Å². The van der Waals surface area contributed by atoms with E-state index < -0.39 is 17.2 Å². The first-order valence-electron chi connectivity index (χ1n) is 23.0. The molecule has 0 fully saturated rings. The Balaban J connectivity index is 1.09. The molecule has 1 aliphatic heterocycles. The van der Waals surface area contributed by atoms with Gasteiger partial charge < -0.3 is 15.3 Å². The summed E-state index contributed by atoms with van der Waals surface area (Å²) in [5.41, 5.74) is 11.0. The van der Waals surface area contributed by atoms with Gasteiger partial charge in [-0.05, 0) is 73.7 Å². The van der Waals surface area contributed by atoms with Crippen LogP contribution in [0.25, 0.3) is 11.2 Å². The summed E-state index contributed by atoms with van der Waals surface area (Å²) >= 11 is 0. The predicted molar refractivity (Wildman–Crippen MR) is 265 cm³/mol. The third-order valence-corrected chi connectivity index (χ3v) is 13.3. The highest BCUT2D eigenvalue weighted by Gasteiger charge is 2.42. The van der Waals surface area contributed by atoms with Gasteiger partial charge in [0.15, 0.2) is 5.65 Å².